The fraction of sp³-hybridized carbons (Fsp3) is 0.0909. The monoisotopic (exact) mass is 471 g/mol. The summed E-state index contributed by atoms with van der Waals surface area (Å²) in [6.45, 7) is 4.19. The van der Waals surface area contributed by atoms with Gasteiger partial charge in [-0.25, -0.2) is 4.98 Å². The Kier molecular flexibility index (Phi) is 6.90. The Hall–Kier alpha value is -2.83. The van der Waals surface area contributed by atoms with Crippen LogP contribution < -0.4 is 15.4 Å². The van der Waals surface area contributed by atoms with Gasteiger partial charge in [-0.2, -0.15) is 0 Å². The van der Waals surface area contributed by atoms with Crippen molar-refractivity contribution in [1.82, 2.24) is 10.3 Å². The minimum absolute atomic E-state index is 0.301. The number of methoxy groups -OCH3 is 1. The third-order valence-electron chi connectivity index (χ3n) is 4.18. The molecule has 148 valence electrons. The predicted octanol–water partition coefficient (Wildman–Crippen LogP) is 5.39. The summed E-state index contributed by atoms with van der Waals surface area (Å²) in [5.41, 5.74) is 2.59. The Morgan fingerprint density at radius 3 is 2.59 bits per heavy atom. The number of hydrogen-bond acceptors (Lipinski definition) is 4. The molecule has 3 rings (SSSR count). The van der Waals surface area contributed by atoms with Crippen LogP contribution in [0.5, 0.6) is 5.75 Å². The number of nitrogens with one attached hydrogen (secondary N) is 2. The zero-order chi connectivity index (χ0) is 20.8. The molecule has 0 bridgehead atoms. The highest BCUT2D eigenvalue weighted by atomic mass is 79.9. The van der Waals surface area contributed by atoms with Crippen molar-refractivity contribution in [1.29, 1.82) is 0 Å². The van der Waals surface area contributed by atoms with Crippen molar-refractivity contribution in [2.75, 3.05) is 12.4 Å². The van der Waals surface area contributed by atoms with Crippen LogP contribution in [0.4, 0.5) is 5.69 Å². The zero-order valence-corrected chi connectivity index (χ0v) is 18.0. The molecule has 1 atom stereocenters. The Morgan fingerprint density at radius 2 is 1.93 bits per heavy atom. The van der Waals surface area contributed by atoms with Gasteiger partial charge in [-0.15, -0.1) is 0 Å². The molecule has 0 spiro atoms. The molecule has 0 aliphatic rings. The van der Waals surface area contributed by atoms with E-state index in [-0.39, 0.29) is 5.91 Å². The van der Waals surface area contributed by atoms with Gasteiger partial charge in [0.15, 0.2) is 0 Å². The molecule has 0 saturated carbocycles. The SMILES string of the molecule is C=C(c1cccc(OC)c1)C(NC(=O)c1ccc(Br)cn1)Nc1ccc(Cl)cc1. The smallest absolute Gasteiger partial charge is 0.271 e. The zero-order valence-electron chi connectivity index (χ0n) is 15.7. The van der Waals surface area contributed by atoms with Crippen molar-refractivity contribution < 1.29 is 9.53 Å². The minimum Gasteiger partial charge on any atom is -0.497 e. The molecule has 0 aliphatic heterocycles. The summed E-state index contributed by atoms with van der Waals surface area (Å²) in [7, 11) is 1.60. The highest BCUT2D eigenvalue weighted by Crippen LogP contribution is 2.24. The predicted molar refractivity (Wildman–Crippen MR) is 120 cm³/mol. The Balaban J connectivity index is 1.87. The number of ether oxygens (including phenoxy) is 1. The molecular weight excluding hydrogens is 454 g/mol. The first-order valence-electron chi connectivity index (χ1n) is 8.74. The number of hydrogen-bond donors (Lipinski definition) is 2. The number of rotatable bonds is 7. The second-order valence-electron chi connectivity index (χ2n) is 6.18. The van der Waals surface area contributed by atoms with Gasteiger partial charge >= 0.3 is 0 Å². The van der Waals surface area contributed by atoms with E-state index in [9.17, 15) is 4.79 Å². The Labute approximate surface area is 182 Å². The van der Waals surface area contributed by atoms with Crippen molar-refractivity contribution in [2.45, 2.75) is 6.17 Å². The summed E-state index contributed by atoms with van der Waals surface area (Å²) in [6.07, 6.45) is 0.995. The van der Waals surface area contributed by atoms with Crippen LogP contribution in [0.3, 0.4) is 0 Å². The number of carbonyl (C=O) groups is 1. The van der Waals surface area contributed by atoms with Crippen molar-refractivity contribution in [2.24, 2.45) is 0 Å². The molecular formula is C22H19BrClN3O2. The standard InChI is InChI=1S/C22H19BrClN3O2/c1-14(15-4-3-5-19(12-15)29-2)21(26-18-9-7-17(24)8-10-18)27-22(28)20-11-6-16(23)13-25-20/h3-13,21,26H,1H2,2H3,(H,27,28). The van der Waals surface area contributed by atoms with E-state index in [4.69, 9.17) is 16.3 Å². The van der Waals surface area contributed by atoms with E-state index in [0.717, 1.165) is 15.7 Å². The number of carbonyl (C=O) groups excluding carboxylic acids is 1. The first-order chi connectivity index (χ1) is 14.0. The summed E-state index contributed by atoms with van der Waals surface area (Å²) in [5.74, 6) is 0.378. The largest absolute Gasteiger partial charge is 0.497 e. The average molecular weight is 473 g/mol. The van der Waals surface area contributed by atoms with Crippen LogP contribution in [-0.4, -0.2) is 24.2 Å². The minimum atomic E-state index is -0.582. The number of pyridine rings is 1. The molecule has 0 fully saturated rings. The van der Waals surface area contributed by atoms with E-state index in [0.29, 0.717) is 22.0 Å². The molecule has 1 heterocycles. The molecule has 0 radical (unpaired) electrons. The lowest BCUT2D eigenvalue weighted by molar-refractivity contribution is 0.0944. The van der Waals surface area contributed by atoms with Crippen molar-refractivity contribution in [3.63, 3.8) is 0 Å². The second kappa shape index (κ2) is 9.58. The molecule has 0 aliphatic carbocycles. The molecule has 2 aromatic carbocycles. The number of amides is 1. The van der Waals surface area contributed by atoms with Crippen molar-refractivity contribution >= 4 is 44.7 Å². The van der Waals surface area contributed by atoms with E-state index in [1.165, 1.54) is 0 Å². The van der Waals surface area contributed by atoms with Gasteiger partial charge in [0.25, 0.3) is 5.91 Å². The van der Waals surface area contributed by atoms with Crippen LogP contribution in [0, 0.1) is 0 Å². The van der Waals surface area contributed by atoms with E-state index in [1.54, 1.807) is 37.6 Å². The fourth-order valence-corrected chi connectivity index (χ4v) is 2.99. The van der Waals surface area contributed by atoms with Crippen LogP contribution >= 0.6 is 27.5 Å². The van der Waals surface area contributed by atoms with E-state index < -0.39 is 6.17 Å². The lowest BCUT2D eigenvalue weighted by Crippen LogP contribution is -2.41. The maximum atomic E-state index is 12.8. The Bertz CT molecular complexity index is 1010. The topological polar surface area (TPSA) is 63.2 Å². The van der Waals surface area contributed by atoms with Gasteiger partial charge < -0.3 is 15.4 Å². The van der Waals surface area contributed by atoms with Crippen LogP contribution in [0.15, 0.2) is 77.9 Å². The van der Waals surface area contributed by atoms with Crippen LogP contribution in [0.1, 0.15) is 16.1 Å². The number of anilines is 1. The van der Waals surface area contributed by atoms with E-state index in [2.05, 4.69) is 38.1 Å². The Morgan fingerprint density at radius 1 is 1.17 bits per heavy atom. The van der Waals surface area contributed by atoms with Gasteiger partial charge in [-0.05, 0) is 75.6 Å². The summed E-state index contributed by atoms with van der Waals surface area (Å²) in [6, 6.07) is 18.1. The molecule has 3 aromatic rings. The maximum absolute atomic E-state index is 12.8. The first kappa shape index (κ1) is 20.9. The van der Waals surface area contributed by atoms with Gasteiger partial charge in [-0.1, -0.05) is 30.3 Å². The van der Waals surface area contributed by atoms with Crippen LogP contribution in [-0.2, 0) is 0 Å². The van der Waals surface area contributed by atoms with Gasteiger partial charge in [0.2, 0.25) is 0 Å². The molecule has 2 N–H and O–H groups in total. The van der Waals surface area contributed by atoms with Crippen LogP contribution in [0.2, 0.25) is 5.02 Å². The molecule has 1 aromatic heterocycles. The maximum Gasteiger partial charge on any atom is 0.271 e. The molecule has 5 nitrogen and oxygen atoms in total. The van der Waals surface area contributed by atoms with Crippen LogP contribution in [0.25, 0.3) is 5.57 Å². The normalized spacial score (nSPS) is 11.4. The molecule has 7 heteroatoms. The summed E-state index contributed by atoms with van der Waals surface area (Å²) >= 11 is 9.30. The second-order valence-corrected chi connectivity index (χ2v) is 7.53. The summed E-state index contributed by atoms with van der Waals surface area (Å²) in [5, 5.41) is 6.86. The number of nitrogens with zero attached hydrogens (tertiary/aromatic N) is 1. The van der Waals surface area contributed by atoms with Gasteiger partial charge in [-0.3, -0.25) is 4.79 Å². The lowest BCUT2D eigenvalue weighted by Gasteiger charge is -2.24. The third kappa shape index (κ3) is 5.59. The molecule has 1 unspecified atom stereocenters. The summed E-state index contributed by atoms with van der Waals surface area (Å²) < 4.78 is 6.10. The summed E-state index contributed by atoms with van der Waals surface area (Å²) in [4.78, 5) is 16.9. The molecule has 0 saturated heterocycles. The fourth-order valence-electron chi connectivity index (χ4n) is 2.63. The average Bonchev–Trinajstić information content (AvgIpc) is 2.74. The highest BCUT2D eigenvalue weighted by molar-refractivity contribution is 9.10. The number of benzene rings is 2. The number of halogens is 2. The van der Waals surface area contributed by atoms with Gasteiger partial charge in [0, 0.05) is 21.4 Å². The van der Waals surface area contributed by atoms with Crippen molar-refractivity contribution in [3.05, 3.63) is 94.2 Å². The first-order valence-corrected chi connectivity index (χ1v) is 9.91. The quantitative estimate of drug-likeness (QED) is 0.453. The van der Waals surface area contributed by atoms with E-state index >= 15 is 0 Å². The molecule has 1 amide bonds. The van der Waals surface area contributed by atoms with Crippen molar-refractivity contribution in [3.8, 4) is 5.75 Å². The van der Waals surface area contributed by atoms with Gasteiger partial charge in [0.1, 0.15) is 17.6 Å². The highest BCUT2D eigenvalue weighted by Gasteiger charge is 2.19. The lowest BCUT2D eigenvalue weighted by atomic mass is 10.0. The van der Waals surface area contributed by atoms with Gasteiger partial charge in [0.05, 0.1) is 7.11 Å². The van der Waals surface area contributed by atoms with E-state index in [1.807, 2.05) is 36.4 Å². The third-order valence-corrected chi connectivity index (χ3v) is 4.90. The molecule has 29 heavy (non-hydrogen) atoms. The number of aromatic nitrogens is 1.